The van der Waals surface area contributed by atoms with Crippen molar-refractivity contribution >= 4 is 0 Å². The molecule has 0 amide bonds. The molecule has 0 unspecified atom stereocenters. The summed E-state index contributed by atoms with van der Waals surface area (Å²) < 4.78 is 5.19. The normalized spacial score (nSPS) is 12.7. The van der Waals surface area contributed by atoms with Crippen LogP contribution in [-0.2, 0) is 12.8 Å². The largest absolute Gasteiger partial charge is 0.508 e. The Labute approximate surface area is 112 Å². The summed E-state index contributed by atoms with van der Waals surface area (Å²) in [5.74, 6) is 1.23. The van der Waals surface area contributed by atoms with Crippen molar-refractivity contribution in [3.05, 3.63) is 41.0 Å². The van der Waals surface area contributed by atoms with E-state index in [1.54, 1.807) is 19.2 Å². The molecular formula is C16H16O3. The summed E-state index contributed by atoms with van der Waals surface area (Å²) in [6.45, 7) is 1.87. The van der Waals surface area contributed by atoms with Crippen LogP contribution in [0.4, 0.5) is 0 Å². The quantitative estimate of drug-likeness (QED) is 0.824. The zero-order chi connectivity index (χ0) is 13.6. The van der Waals surface area contributed by atoms with E-state index in [0.29, 0.717) is 11.5 Å². The van der Waals surface area contributed by atoms with Gasteiger partial charge in [-0.05, 0) is 60.2 Å². The summed E-state index contributed by atoms with van der Waals surface area (Å²) in [5, 5.41) is 20.0. The van der Waals surface area contributed by atoms with Crippen LogP contribution in [0, 0.1) is 6.92 Å². The lowest BCUT2D eigenvalue weighted by molar-refractivity contribution is 0.407. The molecule has 1 aliphatic carbocycles. The smallest absolute Gasteiger partial charge is 0.127 e. The standard InChI is InChI=1S/C16H16O3/c1-9-5-13-10(7-14(9)17)3-4-11-6-12(19-2)8-15(18)16(11)13/h5-8,17-18H,3-4H2,1-2H3. The number of fused-ring (bicyclic) bond motifs is 3. The second kappa shape index (κ2) is 4.19. The summed E-state index contributed by atoms with van der Waals surface area (Å²) in [6, 6.07) is 7.35. The number of methoxy groups -OCH3 is 1. The number of benzene rings is 2. The van der Waals surface area contributed by atoms with Gasteiger partial charge in [0.15, 0.2) is 0 Å². The molecule has 0 atom stereocenters. The highest BCUT2D eigenvalue weighted by Gasteiger charge is 2.21. The average Bonchev–Trinajstić information content (AvgIpc) is 2.39. The van der Waals surface area contributed by atoms with Crippen molar-refractivity contribution in [1.82, 2.24) is 0 Å². The molecule has 0 radical (unpaired) electrons. The molecule has 1 aliphatic rings. The Morgan fingerprint density at radius 3 is 2.42 bits per heavy atom. The Morgan fingerprint density at radius 2 is 1.68 bits per heavy atom. The lowest BCUT2D eigenvalue weighted by Gasteiger charge is -2.22. The molecule has 2 aromatic rings. The van der Waals surface area contributed by atoms with E-state index in [4.69, 9.17) is 4.74 Å². The molecule has 0 bridgehead atoms. The Morgan fingerprint density at radius 1 is 0.947 bits per heavy atom. The molecule has 98 valence electrons. The molecule has 2 N–H and O–H groups in total. The first-order chi connectivity index (χ1) is 9.10. The molecule has 0 heterocycles. The average molecular weight is 256 g/mol. The summed E-state index contributed by atoms with van der Waals surface area (Å²) in [6.07, 6.45) is 1.71. The van der Waals surface area contributed by atoms with E-state index in [2.05, 4.69) is 0 Å². The van der Waals surface area contributed by atoms with E-state index in [9.17, 15) is 10.2 Å². The monoisotopic (exact) mass is 256 g/mol. The first kappa shape index (κ1) is 11.9. The third kappa shape index (κ3) is 1.82. The van der Waals surface area contributed by atoms with E-state index < -0.39 is 0 Å². The van der Waals surface area contributed by atoms with E-state index in [-0.39, 0.29) is 5.75 Å². The third-order valence-electron chi connectivity index (χ3n) is 3.76. The van der Waals surface area contributed by atoms with Crippen molar-refractivity contribution < 1.29 is 14.9 Å². The van der Waals surface area contributed by atoms with Crippen molar-refractivity contribution in [2.24, 2.45) is 0 Å². The minimum absolute atomic E-state index is 0.236. The maximum atomic E-state index is 10.2. The minimum atomic E-state index is 0.236. The van der Waals surface area contributed by atoms with Crippen LogP contribution in [0.15, 0.2) is 24.3 Å². The number of rotatable bonds is 1. The number of ether oxygens (including phenoxy) is 1. The highest BCUT2D eigenvalue weighted by Crippen LogP contribution is 2.43. The fourth-order valence-corrected chi connectivity index (χ4v) is 2.73. The van der Waals surface area contributed by atoms with Crippen molar-refractivity contribution in [1.29, 1.82) is 0 Å². The van der Waals surface area contributed by atoms with Crippen LogP contribution < -0.4 is 4.74 Å². The van der Waals surface area contributed by atoms with Crippen LogP contribution in [0.3, 0.4) is 0 Å². The highest BCUT2D eigenvalue weighted by atomic mass is 16.5. The number of phenolic OH excluding ortho intramolecular Hbond substituents is 2. The molecule has 0 aliphatic heterocycles. The van der Waals surface area contributed by atoms with E-state index in [0.717, 1.165) is 40.7 Å². The lowest BCUT2D eigenvalue weighted by atomic mass is 9.84. The number of aromatic hydroxyl groups is 2. The Bertz CT molecular complexity index is 660. The fourth-order valence-electron chi connectivity index (χ4n) is 2.73. The van der Waals surface area contributed by atoms with Gasteiger partial charge in [-0.3, -0.25) is 0 Å². The van der Waals surface area contributed by atoms with Gasteiger partial charge in [0.05, 0.1) is 7.11 Å². The summed E-state index contributed by atoms with van der Waals surface area (Å²) >= 11 is 0. The minimum Gasteiger partial charge on any atom is -0.508 e. The van der Waals surface area contributed by atoms with E-state index in [1.807, 2.05) is 19.1 Å². The van der Waals surface area contributed by atoms with Crippen LogP contribution >= 0.6 is 0 Å². The maximum Gasteiger partial charge on any atom is 0.127 e. The highest BCUT2D eigenvalue weighted by molar-refractivity contribution is 5.80. The predicted molar refractivity (Wildman–Crippen MR) is 73.9 cm³/mol. The van der Waals surface area contributed by atoms with Gasteiger partial charge in [0.1, 0.15) is 17.2 Å². The predicted octanol–water partition coefficient (Wildman–Crippen LogP) is 3.18. The topological polar surface area (TPSA) is 49.7 Å². The molecule has 0 aromatic heterocycles. The first-order valence-corrected chi connectivity index (χ1v) is 6.33. The third-order valence-corrected chi connectivity index (χ3v) is 3.76. The second-order valence-corrected chi connectivity index (χ2v) is 4.98. The van der Waals surface area contributed by atoms with Crippen LogP contribution in [0.2, 0.25) is 0 Å². The van der Waals surface area contributed by atoms with Gasteiger partial charge in [0, 0.05) is 11.6 Å². The summed E-state index contributed by atoms with van der Waals surface area (Å²) in [4.78, 5) is 0. The zero-order valence-electron chi connectivity index (χ0n) is 11.0. The van der Waals surface area contributed by atoms with Gasteiger partial charge in [-0.1, -0.05) is 0 Å². The van der Waals surface area contributed by atoms with Crippen molar-refractivity contribution in [3.63, 3.8) is 0 Å². The van der Waals surface area contributed by atoms with Gasteiger partial charge >= 0.3 is 0 Å². The number of phenols is 2. The second-order valence-electron chi connectivity index (χ2n) is 4.98. The molecular weight excluding hydrogens is 240 g/mol. The summed E-state index contributed by atoms with van der Waals surface area (Å²) in [5.41, 5.74) is 4.87. The van der Waals surface area contributed by atoms with Crippen LogP contribution in [0.5, 0.6) is 17.2 Å². The van der Waals surface area contributed by atoms with Gasteiger partial charge in [0.2, 0.25) is 0 Å². The molecule has 0 saturated heterocycles. The van der Waals surface area contributed by atoms with Crippen LogP contribution in [-0.4, -0.2) is 17.3 Å². The number of hydrogen-bond donors (Lipinski definition) is 2. The molecule has 3 rings (SSSR count). The van der Waals surface area contributed by atoms with Gasteiger partial charge < -0.3 is 14.9 Å². The molecule has 3 nitrogen and oxygen atoms in total. The fraction of sp³-hybridized carbons (Fsp3) is 0.250. The number of aryl methyl sites for hydroxylation is 3. The Kier molecular flexibility index (Phi) is 2.63. The Balaban J connectivity index is 2.26. The van der Waals surface area contributed by atoms with Crippen LogP contribution in [0.1, 0.15) is 16.7 Å². The van der Waals surface area contributed by atoms with Gasteiger partial charge in [-0.2, -0.15) is 0 Å². The molecule has 2 aromatic carbocycles. The first-order valence-electron chi connectivity index (χ1n) is 6.33. The molecule has 3 heteroatoms. The van der Waals surface area contributed by atoms with Gasteiger partial charge in [0.25, 0.3) is 0 Å². The van der Waals surface area contributed by atoms with Crippen molar-refractivity contribution in [2.75, 3.05) is 7.11 Å². The lowest BCUT2D eigenvalue weighted by Crippen LogP contribution is -2.05. The van der Waals surface area contributed by atoms with E-state index >= 15 is 0 Å². The molecule has 0 fully saturated rings. The molecule has 0 saturated carbocycles. The number of hydrogen-bond acceptors (Lipinski definition) is 3. The van der Waals surface area contributed by atoms with Crippen molar-refractivity contribution in [3.8, 4) is 28.4 Å². The van der Waals surface area contributed by atoms with Gasteiger partial charge in [-0.25, -0.2) is 0 Å². The zero-order valence-corrected chi connectivity index (χ0v) is 11.0. The maximum absolute atomic E-state index is 10.2. The Hall–Kier alpha value is -2.16. The van der Waals surface area contributed by atoms with Crippen molar-refractivity contribution in [2.45, 2.75) is 19.8 Å². The van der Waals surface area contributed by atoms with E-state index in [1.165, 1.54) is 0 Å². The van der Waals surface area contributed by atoms with Crippen LogP contribution in [0.25, 0.3) is 11.1 Å². The summed E-state index contributed by atoms with van der Waals surface area (Å²) in [7, 11) is 1.60. The molecule has 0 spiro atoms. The van der Waals surface area contributed by atoms with Gasteiger partial charge in [-0.15, -0.1) is 0 Å². The molecule has 19 heavy (non-hydrogen) atoms. The SMILES string of the molecule is COc1cc(O)c2c(c1)CCc1cc(O)c(C)cc1-2.